The van der Waals surface area contributed by atoms with Gasteiger partial charge in [-0.05, 0) is 79.1 Å². The van der Waals surface area contributed by atoms with E-state index in [1.165, 1.54) is 0 Å². The van der Waals surface area contributed by atoms with Crippen LogP contribution in [0.4, 0.5) is 5.69 Å². The van der Waals surface area contributed by atoms with Crippen molar-refractivity contribution in [2.75, 3.05) is 25.6 Å². The first-order chi connectivity index (χ1) is 21.3. The van der Waals surface area contributed by atoms with Gasteiger partial charge in [0.1, 0.15) is 17.1 Å². The van der Waals surface area contributed by atoms with Gasteiger partial charge in [-0.3, -0.25) is 14.4 Å². The maximum absolute atomic E-state index is 13.8. The Morgan fingerprint density at radius 3 is 2.25 bits per heavy atom. The largest absolute Gasteiger partial charge is 0.497 e. The van der Waals surface area contributed by atoms with Gasteiger partial charge < -0.3 is 24.7 Å². The van der Waals surface area contributed by atoms with E-state index in [1.807, 2.05) is 55.5 Å². The molecule has 8 nitrogen and oxygen atoms in total. The fourth-order valence-electron chi connectivity index (χ4n) is 4.78. The average molecular weight is 610 g/mol. The molecule has 44 heavy (non-hydrogen) atoms. The van der Waals surface area contributed by atoms with E-state index >= 15 is 0 Å². The number of hydrogen-bond acceptors (Lipinski definition) is 5. The van der Waals surface area contributed by atoms with Gasteiger partial charge in [0.05, 0.1) is 24.9 Å². The van der Waals surface area contributed by atoms with E-state index in [-0.39, 0.29) is 18.7 Å². The van der Waals surface area contributed by atoms with E-state index in [1.54, 1.807) is 60.2 Å². The van der Waals surface area contributed by atoms with Crippen molar-refractivity contribution in [1.29, 1.82) is 0 Å². The highest BCUT2D eigenvalue weighted by Crippen LogP contribution is 2.25. The molecule has 1 aromatic heterocycles. The van der Waals surface area contributed by atoms with Crippen molar-refractivity contribution >= 4 is 40.0 Å². The molecule has 0 saturated carbocycles. The van der Waals surface area contributed by atoms with Crippen LogP contribution in [0.3, 0.4) is 0 Å². The maximum atomic E-state index is 13.8. The summed E-state index contributed by atoms with van der Waals surface area (Å²) in [6, 6.07) is 29.0. The fraction of sp³-hybridized carbons (Fsp3) is 0.171. The number of ether oxygens (including phenoxy) is 2. The first kappa shape index (κ1) is 30.4. The topological polar surface area (TPSA) is 98.7 Å². The van der Waals surface area contributed by atoms with Crippen LogP contribution in [0, 0.1) is 6.92 Å². The van der Waals surface area contributed by atoms with Crippen LogP contribution in [0.15, 0.2) is 102 Å². The summed E-state index contributed by atoms with van der Waals surface area (Å²) in [7, 11) is 1.59. The molecule has 2 N–H and O–H groups in total. The Hall–Kier alpha value is -5.08. The lowest BCUT2D eigenvalue weighted by molar-refractivity contribution is -0.118. The number of rotatable bonds is 11. The average Bonchev–Trinajstić information content (AvgIpc) is 3.03. The summed E-state index contributed by atoms with van der Waals surface area (Å²) in [5.74, 6) is 0.308. The minimum absolute atomic E-state index is 0.0194. The number of halogens is 1. The molecular formula is C35H32ClN3O5. The van der Waals surface area contributed by atoms with E-state index in [4.69, 9.17) is 21.1 Å². The lowest BCUT2D eigenvalue weighted by Gasteiger charge is -2.16. The van der Waals surface area contributed by atoms with Gasteiger partial charge in [0.2, 0.25) is 0 Å². The summed E-state index contributed by atoms with van der Waals surface area (Å²) < 4.78 is 12.4. The Labute approximate surface area is 260 Å². The predicted octanol–water partition coefficient (Wildman–Crippen LogP) is 6.01. The van der Waals surface area contributed by atoms with Gasteiger partial charge in [-0.15, -0.1) is 0 Å². The second-order valence-corrected chi connectivity index (χ2v) is 10.8. The molecule has 0 spiro atoms. The maximum Gasteiger partial charge on any atom is 0.264 e. The third-order valence-electron chi connectivity index (χ3n) is 7.16. The summed E-state index contributed by atoms with van der Waals surface area (Å²) in [5.41, 5.74) is 3.65. The van der Waals surface area contributed by atoms with Gasteiger partial charge in [-0.25, -0.2) is 0 Å². The number of anilines is 1. The standard InChI is InChI=1S/C35H32ClN3O5/c1-23-6-8-24(9-7-23)18-19-37-34(41)30-20-29-31(38-33(40)22-44-28-16-12-26(36)13-17-28)4-3-5-32(29)39(35(30)42)21-25-10-14-27(43-2)15-11-25/h3-17,20H,18-19,21-22H2,1-2H3,(H,37,41)(H,38,40). The second-order valence-electron chi connectivity index (χ2n) is 10.3. The van der Waals surface area contributed by atoms with E-state index in [2.05, 4.69) is 10.6 Å². The van der Waals surface area contributed by atoms with Gasteiger partial charge in [0, 0.05) is 17.0 Å². The fourth-order valence-corrected chi connectivity index (χ4v) is 4.91. The van der Waals surface area contributed by atoms with Crippen LogP contribution >= 0.6 is 11.6 Å². The molecule has 0 unspecified atom stereocenters. The third-order valence-corrected chi connectivity index (χ3v) is 7.41. The number of nitrogens with zero attached hydrogens (tertiary/aromatic N) is 1. The molecule has 0 aliphatic carbocycles. The molecule has 5 aromatic rings. The highest BCUT2D eigenvalue weighted by Gasteiger charge is 2.18. The molecule has 4 aromatic carbocycles. The number of carbonyl (C=O) groups excluding carboxylic acids is 2. The molecule has 0 saturated heterocycles. The lowest BCUT2D eigenvalue weighted by Crippen LogP contribution is -2.34. The number of hydrogen-bond donors (Lipinski definition) is 2. The number of methoxy groups -OCH3 is 1. The van der Waals surface area contributed by atoms with Crippen LogP contribution in [0.25, 0.3) is 10.9 Å². The van der Waals surface area contributed by atoms with E-state index in [0.29, 0.717) is 46.1 Å². The zero-order valence-electron chi connectivity index (χ0n) is 24.4. The highest BCUT2D eigenvalue weighted by atomic mass is 35.5. The highest BCUT2D eigenvalue weighted by molar-refractivity contribution is 6.30. The zero-order chi connectivity index (χ0) is 31.1. The predicted molar refractivity (Wildman–Crippen MR) is 173 cm³/mol. The Bertz CT molecular complexity index is 1830. The number of carbonyl (C=O) groups is 2. The third kappa shape index (κ3) is 7.46. The number of benzene rings is 4. The normalized spacial score (nSPS) is 10.8. The molecule has 0 aliphatic rings. The number of aryl methyl sites for hydroxylation is 1. The molecule has 0 radical (unpaired) electrons. The Balaban J connectivity index is 1.44. The van der Waals surface area contributed by atoms with Gasteiger partial charge in [-0.2, -0.15) is 0 Å². The molecule has 0 aliphatic heterocycles. The molecule has 0 fully saturated rings. The molecule has 0 atom stereocenters. The van der Waals surface area contributed by atoms with E-state index in [9.17, 15) is 14.4 Å². The van der Waals surface area contributed by atoms with Gasteiger partial charge in [0.25, 0.3) is 17.4 Å². The number of nitrogens with one attached hydrogen (secondary N) is 2. The molecule has 2 amide bonds. The molecule has 5 rings (SSSR count). The number of aromatic nitrogens is 1. The summed E-state index contributed by atoms with van der Waals surface area (Å²) >= 11 is 5.93. The molecule has 0 bridgehead atoms. The van der Waals surface area contributed by atoms with Crippen LogP contribution in [-0.2, 0) is 17.8 Å². The number of fused-ring (bicyclic) bond motifs is 1. The van der Waals surface area contributed by atoms with Crippen molar-refractivity contribution in [2.45, 2.75) is 19.9 Å². The summed E-state index contributed by atoms with van der Waals surface area (Å²) in [5, 5.41) is 6.87. The monoisotopic (exact) mass is 609 g/mol. The van der Waals surface area contributed by atoms with Crippen LogP contribution in [-0.4, -0.2) is 36.6 Å². The van der Waals surface area contributed by atoms with E-state index < -0.39 is 17.4 Å². The minimum Gasteiger partial charge on any atom is -0.497 e. The number of pyridine rings is 1. The SMILES string of the molecule is COc1ccc(Cn2c(=O)c(C(=O)NCCc3ccc(C)cc3)cc3c(NC(=O)COc4ccc(Cl)cc4)cccc32)cc1. The molecule has 1 heterocycles. The van der Waals surface area contributed by atoms with Crippen molar-refractivity contribution in [3.63, 3.8) is 0 Å². The summed E-state index contributed by atoms with van der Waals surface area (Å²) in [6.07, 6.45) is 0.620. The Morgan fingerprint density at radius 1 is 0.864 bits per heavy atom. The molecular weight excluding hydrogens is 578 g/mol. The van der Waals surface area contributed by atoms with Crippen molar-refractivity contribution in [2.24, 2.45) is 0 Å². The second kappa shape index (κ2) is 13.9. The van der Waals surface area contributed by atoms with E-state index in [0.717, 1.165) is 16.7 Å². The summed E-state index contributed by atoms with van der Waals surface area (Å²) in [6.45, 7) is 2.35. The Kier molecular flexibility index (Phi) is 9.62. The quantitative estimate of drug-likeness (QED) is 0.191. The first-order valence-corrected chi connectivity index (χ1v) is 14.5. The van der Waals surface area contributed by atoms with Crippen LogP contribution in [0.1, 0.15) is 27.0 Å². The van der Waals surface area contributed by atoms with Gasteiger partial charge in [0.15, 0.2) is 6.61 Å². The van der Waals surface area contributed by atoms with Crippen LogP contribution in [0.2, 0.25) is 5.02 Å². The Morgan fingerprint density at radius 2 is 1.55 bits per heavy atom. The minimum atomic E-state index is -0.486. The van der Waals surface area contributed by atoms with Gasteiger partial charge in [-0.1, -0.05) is 59.6 Å². The number of amides is 2. The molecule has 9 heteroatoms. The van der Waals surface area contributed by atoms with Crippen molar-refractivity contribution in [1.82, 2.24) is 9.88 Å². The van der Waals surface area contributed by atoms with Crippen molar-refractivity contribution < 1.29 is 19.1 Å². The van der Waals surface area contributed by atoms with Crippen LogP contribution in [0.5, 0.6) is 11.5 Å². The van der Waals surface area contributed by atoms with Crippen molar-refractivity contribution in [3.8, 4) is 11.5 Å². The first-order valence-electron chi connectivity index (χ1n) is 14.1. The lowest BCUT2D eigenvalue weighted by atomic mass is 10.1. The smallest absolute Gasteiger partial charge is 0.264 e. The summed E-state index contributed by atoms with van der Waals surface area (Å²) in [4.78, 5) is 40.1. The zero-order valence-corrected chi connectivity index (χ0v) is 25.2. The molecule has 224 valence electrons. The van der Waals surface area contributed by atoms with Crippen molar-refractivity contribution in [3.05, 3.63) is 135 Å². The van der Waals surface area contributed by atoms with Crippen LogP contribution < -0.4 is 25.7 Å². The van der Waals surface area contributed by atoms with Gasteiger partial charge >= 0.3 is 0 Å².